The molecule has 0 saturated carbocycles. The van der Waals surface area contributed by atoms with Gasteiger partial charge >= 0.3 is 0 Å². The van der Waals surface area contributed by atoms with Crippen LogP contribution in [0.15, 0.2) is 72.3 Å². The minimum absolute atomic E-state index is 0.0395. The van der Waals surface area contributed by atoms with Gasteiger partial charge in [-0.05, 0) is 61.5 Å². The maximum Gasteiger partial charge on any atom is 0.270 e. The first-order chi connectivity index (χ1) is 17.1. The van der Waals surface area contributed by atoms with E-state index >= 15 is 0 Å². The van der Waals surface area contributed by atoms with Gasteiger partial charge in [0.05, 0.1) is 16.3 Å². The molecule has 4 rings (SSSR count). The molecule has 2 amide bonds. The Hall–Kier alpha value is -4.37. The van der Waals surface area contributed by atoms with E-state index in [9.17, 15) is 19.7 Å². The molecule has 0 radical (unpaired) electrons. The summed E-state index contributed by atoms with van der Waals surface area (Å²) in [6.45, 7) is 3.71. The molecule has 36 heavy (non-hydrogen) atoms. The Morgan fingerprint density at radius 2 is 1.36 bits per heavy atom. The van der Waals surface area contributed by atoms with Gasteiger partial charge in [-0.1, -0.05) is 36.4 Å². The van der Waals surface area contributed by atoms with Crippen molar-refractivity contribution < 1.29 is 14.5 Å². The van der Waals surface area contributed by atoms with Crippen molar-refractivity contribution >= 4 is 58.0 Å². The standard InChI is InChI=1S/C27H24N4O4S/c1-17-9-5-7-11-22(17)29-25(32)21(16-19-15-20(31(34)35)13-14-24(19)28(3)4)26(33)30(27(29)36)23-12-8-6-10-18(23)2/h5-16H,1-4H3. The lowest BCUT2D eigenvalue weighted by atomic mass is 10.0. The smallest absolute Gasteiger partial charge is 0.270 e. The van der Waals surface area contributed by atoms with Crippen LogP contribution in [0.4, 0.5) is 22.7 Å². The Morgan fingerprint density at radius 1 is 0.861 bits per heavy atom. The van der Waals surface area contributed by atoms with Crippen LogP contribution in [0.1, 0.15) is 16.7 Å². The molecule has 0 spiro atoms. The van der Waals surface area contributed by atoms with Crippen molar-refractivity contribution in [2.75, 3.05) is 28.8 Å². The summed E-state index contributed by atoms with van der Waals surface area (Å²) in [7, 11) is 3.56. The van der Waals surface area contributed by atoms with Gasteiger partial charge in [-0.2, -0.15) is 0 Å². The van der Waals surface area contributed by atoms with Crippen molar-refractivity contribution in [3.63, 3.8) is 0 Å². The van der Waals surface area contributed by atoms with Gasteiger partial charge in [0.25, 0.3) is 17.5 Å². The molecule has 0 aromatic heterocycles. The maximum atomic E-state index is 13.8. The number of hydrogen-bond acceptors (Lipinski definition) is 6. The zero-order chi connectivity index (χ0) is 26.1. The Kier molecular flexibility index (Phi) is 6.67. The van der Waals surface area contributed by atoms with Crippen LogP contribution in [0.2, 0.25) is 0 Å². The summed E-state index contributed by atoms with van der Waals surface area (Å²) in [4.78, 5) is 43.1. The second kappa shape index (κ2) is 9.71. The number of rotatable bonds is 5. The minimum atomic E-state index is -0.597. The van der Waals surface area contributed by atoms with Gasteiger partial charge in [0.15, 0.2) is 5.11 Å². The fourth-order valence-corrected chi connectivity index (χ4v) is 4.48. The van der Waals surface area contributed by atoms with Crippen molar-refractivity contribution in [3.8, 4) is 0 Å². The third-order valence-corrected chi connectivity index (χ3v) is 6.33. The van der Waals surface area contributed by atoms with Crippen LogP contribution in [0.3, 0.4) is 0 Å². The topological polar surface area (TPSA) is 87.0 Å². The van der Waals surface area contributed by atoms with Crippen LogP contribution in [-0.4, -0.2) is 35.9 Å². The zero-order valence-electron chi connectivity index (χ0n) is 20.3. The molecular formula is C27H24N4O4S. The molecule has 0 unspecified atom stereocenters. The van der Waals surface area contributed by atoms with Gasteiger partial charge < -0.3 is 4.90 Å². The Morgan fingerprint density at radius 3 is 1.81 bits per heavy atom. The summed E-state index contributed by atoms with van der Waals surface area (Å²) in [6.07, 6.45) is 1.41. The fraction of sp³-hybridized carbons (Fsp3) is 0.148. The van der Waals surface area contributed by atoms with E-state index in [0.717, 1.165) is 11.1 Å². The normalized spacial score (nSPS) is 13.8. The summed E-state index contributed by atoms with van der Waals surface area (Å²) in [5.41, 5.74) is 3.39. The van der Waals surface area contributed by atoms with Crippen molar-refractivity contribution in [2.24, 2.45) is 0 Å². The average Bonchev–Trinajstić information content (AvgIpc) is 2.84. The molecular weight excluding hydrogens is 476 g/mol. The third kappa shape index (κ3) is 4.36. The second-order valence-electron chi connectivity index (χ2n) is 8.59. The minimum Gasteiger partial charge on any atom is -0.377 e. The molecule has 1 aliphatic rings. The van der Waals surface area contributed by atoms with Crippen molar-refractivity contribution in [2.45, 2.75) is 13.8 Å². The largest absolute Gasteiger partial charge is 0.377 e. The number of nitro benzene ring substituents is 1. The van der Waals surface area contributed by atoms with Crippen LogP contribution in [-0.2, 0) is 9.59 Å². The number of anilines is 3. The maximum absolute atomic E-state index is 13.8. The molecule has 1 heterocycles. The summed E-state index contributed by atoms with van der Waals surface area (Å²) in [5.74, 6) is -1.19. The van der Waals surface area contributed by atoms with E-state index in [0.29, 0.717) is 22.6 Å². The molecule has 182 valence electrons. The Balaban J connectivity index is 1.97. The number of benzene rings is 3. The van der Waals surface area contributed by atoms with Crippen LogP contribution in [0.25, 0.3) is 6.08 Å². The highest BCUT2D eigenvalue weighted by molar-refractivity contribution is 7.81. The number of para-hydroxylation sites is 2. The highest BCUT2D eigenvalue weighted by Crippen LogP contribution is 2.34. The number of amides is 2. The first kappa shape index (κ1) is 24.7. The summed E-state index contributed by atoms with van der Waals surface area (Å²) in [6, 6.07) is 18.9. The molecule has 0 atom stereocenters. The highest BCUT2D eigenvalue weighted by atomic mass is 32.1. The third-order valence-electron chi connectivity index (χ3n) is 5.97. The number of nitro groups is 1. The molecule has 1 fully saturated rings. The molecule has 3 aromatic carbocycles. The quantitative estimate of drug-likeness (QED) is 0.161. The van der Waals surface area contributed by atoms with Crippen molar-refractivity contribution in [1.82, 2.24) is 0 Å². The van der Waals surface area contributed by atoms with Gasteiger partial charge in [0, 0.05) is 37.5 Å². The summed E-state index contributed by atoms with van der Waals surface area (Å²) >= 11 is 5.71. The first-order valence-electron chi connectivity index (χ1n) is 11.1. The lowest BCUT2D eigenvalue weighted by Gasteiger charge is -2.37. The first-order valence-corrected chi connectivity index (χ1v) is 11.5. The Bertz CT molecular complexity index is 1380. The molecule has 3 aromatic rings. The van der Waals surface area contributed by atoms with Gasteiger partial charge in [0.1, 0.15) is 5.57 Å². The number of hydrogen-bond donors (Lipinski definition) is 0. The summed E-state index contributed by atoms with van der Waals surface area (Å²) < 4.78 is 0. The van der Waals surface area contributed by atoms with E-state index < -0.39 is 16.7 Å². The Labute approximate surface area is 214 Å². The number of aryl methyl sites for hydroxylation is 2. The van der Waals surface area contributed by atoms with E-state index in [1.165, 1.54) is 28.0 Å². The second-order valence-corrected chi connectivity index (χ2v) is 8.95. The van der Waals surface area contributed by atoms with E-state index in [1.807, 2.05) is 38.1 Å². The van der Waals surface area contributed by atoms with Crippen LogP contribution < -0.4 is 14.7 Å². The molecule has 0 aliphatic carbocycles. The molecule has 8 nitrogen and oxygen atoms in total. The molecule has 0 N–H and O–H groups in total. The molecule has 0 bridgehead atoms. The molecule has 1 aliphatic heterocycles. The lowest BCUT2D eigenvalue weighted by molar-refractivity contribution is -0.384. The highest BCUT2D eigenvalue weighted by Gasteiger charge is 2.42. The number of nitrogens with zero attached hydrogens (tertiary/aromatic N) is 4. The van der Waals surface area contributed by atoms with E-state index in [1.54, 1.807) is 49.3 Å². The monoisotopic (exact) mass is 500 g/mol. The van der Waals surface area contributed by atoms with Gasteiger partial charge in [-0.3, -0.25) is 29.5 Å². The predicted molar refractivity (Wildman–Crippen MR) is 145 cm³/mol. The van der Waals surface area contributed by atoms with Crippen molar-refractivity contribution in [3.05, 3.63) is 99.1 Å². The van der Waals surface area contributed by atoms with E-state index in [-0.39, 0.29) is 16.4 Å². The zero-order valence-corrected chi connectivity index (χ0v) is 21.1. The van der Waals surface area contributed by atoms with Crippen LogP contribution in [0.5, 0.6) is 0 Å². The van der Waals surface area contributed by atoms with Crippen molar-refractivity contribution in [1.29, 1.82) is 0 Å². The van der Waals surface area contributed by atoms with Gasteiger partial charge in [-0.15, -0.1) is 0 Å². The number of carbonyl (C=O) groups is 2. The predicted octanol–water partition coefficient (Wildman–Crippen LogP) is 5.03. The average molecular weight is 501 g/mol. The van der Waals surface area contributed by atoms with Crippen LogP contribution >= 0.6 is 12.2 Å². The number of thiocarbonyl (C=S) groups is 1. The molecule has 1 saturated heterocycles. The number of non-ortho nitro benzene ring substituents is 1. The fourth-order valence-electron chi connectivity index (χ4n) is 4.12. The van der Waals surface area contributed by atoms with Gasteiger partial charge in [-0.25, -0.2) is 0 Å². The SMILES string of the molecule is Cc1ccccc1N1C(=O)C(=Cc2cc([N+](=O)[O-])ccc2N(C)C)C(=O)N(c2ccccc2C)C1=S. The van der Waals surface area contributed by atoms with E-state index in [2.05, 4.69) is 0 Å². The van der Waals surface area contributed by atoms with Crippen LogP contribution in [0, 0.1) is 24.0 Å². The van der Waals surface area contributed by atoms with Gasteiger partial charge in [0.2, 0.25) is 0 Å². The summed E-state index contributed by atoms with van der Waals surface area (Å²) in [5, 5.41) is 11.5. The molecule has 9 heteroatoms. The lowest BCUT2D eigenvalue weighted by Crippen LogP contribution is -2.57. The number of carbonyl (C=O) groups excluding carboxylic acids is 2. The van der Waals surface area contributed by atoms with E-state index in [4.69, 9.17) is 12.2 Å².